The number of benzene rings is 3. The lowest BCUT2D eigenvalue weighted by molar-refractivity contribution is -0.120. The molecule has 3 aromatic carbocycles. The molecule has 1 amide bonds. The average molecular weight is 460 g/mol. The van der Waals surface area contributed by atoms with Crippen molar-refractivity contribution in [3.05, 3.63) is 100 Å². The Bertz CT molecular complexity index is 1290. The molecule has 0 unspecified atom stereocenters. The summed E-state index contributed by atoms with van der Waals surface area (Å²) in [5.74, 6) is 0.625. The number of carbonyl (C=O) groups excluding carboxylic acids is 1. The Morgan fingerprint density at radius 1 is 1.06 bits per heavy atom. The predicted octanol–water partition coefficient (Wildman–Crippen LogP) is 5.74. The Hall–Kier alpha value is -3.57. The first-order valence-corrected chi connectivity index (χ1v) is 11.3. The van der Waals surface area contributed by atoms with E-state index < -0.39 is 0 Å². The number of amides is 1. The monoisotopic (exact) mass is 459 g/mol. The quantitative estimate of drug-likeness (QED) is 0.269. The second kappa shape index (κ2) is 10.4. The summed E-state index contributed by atoms with van der Waals surface area (Å²) in [4.78, 5) is 12.4. The van der Waals surface area contributed by atoms with E-state index in [-0.39, 0.29) is 12.3 Å². The molecule has 0 aliphatic heterocycles. The average Bonchev–Trinajstić information content (AvgIpc) is 3.07. The fraction of sp³-hybridized carbons (Fsp3) is 0.185. The van der Waals surface area contributed by atoms with Gasteiger partial charge in [0, 0.05) is 33.7 Å². The summed E-state index contributed by atoms with van der Waals surface area (Å²) in [7, 11) is 0. The number of hydrazone groups is 1. The number of hydrogen-bond acceptors (Lipinski definition) is 3. The molecule has 0 saturated heterocycles. The number of ether oxygens (including phenoxy) is 1. The van der Waals surface area contributed by atoms with Gasteiger partial charge in [0.1, 0.15) is 5.75 Å². The molecule has 0 atom stereocenters. The van der Waals surface area contributed by atoms with E-state index in [1.54, 1.807) is 6.21 Å². The maximum absolute atomic E-state index is 12.4. The molecule has 1 heterocycles. The van der Waals surface area contributed by atoms with Crippen molar-refractivity contribution in [1.29, 1.82) is 0 Å². The van der Waals surface area contributed by atoms with E-state index in [2.05, 4.69) is 40.2 Å². The molecule has 0 radical (unpaired) electrons. The largest absolute Gasteiger partial charge is 0.494 e. The number of carbonyl (C=O) groups is 1. The molecule has 4 rings (SSSR count). The molecule has 0 saturated carbocycles. The van der Waals surface area contributed by atoms with Crippen LogP contribution < -0.4 is 10.2 Å². The van der Waals surface area contributed by atoms with Gasteiger partial charge >= 0.3 is 0 Å². The van der Waals surface area contributed by atoms with Crippen LogP contribution in [0, 0.1) is 6.92 Å². The lowest BCUT2D eigenvalue weighted by Crippen LogP contribution is -2.19. The molecule has 168 valence electrons. The van der Waals surface area contributed by atoms with Crippen LogP contribution in [0.3, 0.4) is 0 Å². The van der Waals surface area contributed by atoms with Gasteiger partial charge in [0.25, 0.3) is 0 Å². The van der Waals surface area contributed by atoms with Gasteiger partial charge in [0.15, 0.2) is 0 Å². The Morgan fingerprint density at radius 2 is 1.85 bits per heavy atom. The number of halogens is 1. The molecule has 33 heavy (non-hydrogen) atoms. The van der Waals surface area contributed by atoms with Gasteiger partial charge in [-0.05, 0) is 55.3 Å². The van der Waals surface area contributed by atoms with Crippen molar-refractivity contribution in [3.63, 3.8) is 0 Å². The molecule has 6 heteroatoms. The topological polar surface area (TPSA) is 55.6 Å². The van der Waals surface area contributed by atoms with Crippen molar-refractivity contribution >= 4 is 34.6 Å². The van der Waals surface area contributed by atoms with Gasteiger partial charge in [-0.15, -0.1) is 0 Å². The third-order valence-corrected chi connectivity index (χ3v) is 5.73. The first-order chi connectivity index (χ1) is 16.0. The zero-order chi connectivity index (χ0) is 23.2. The minimum atomic E-state index is -0.171. The van der Waals surface area contributed by atoms with Crippen LogP contribution >= 0.6 is 11.6 Å². The first-order valence-electron chi connectivity index (χ1n) is 10.9. The summed E-state index contributed by atoms with van der Waals surface area (Å²) in [5, 5.41) is 6.05. The fourth-order valence-corrected chi connectivity index (χ4v) is 4.12. The van der Waals surface area contributed by atoms with Gasteiger partial charge < -0.3 is 9.30 Å². The Labute approximate surface area is 198 Å². The van der Waals surface area contributed by atoms with E-state index in [9.17, 15) is 4.79 Å². The van der Waals surface area contributed by atoms with E-state index >= 15 is 0 Å². The van der Waals surface area contributed by atoms with E-state index in [4.69, 9.17) is 16.3 Å². The third-order valence-electron chi connectivity index (χ3n) is 5.49. The van der Waals surface area contributed by atoms with Gasteiger partial charge in [0.05, 0.1) is 19.2 Å². The molecule has 4 aromatic rings. The van der Waals surface area contributed by atoms with Crippen LogP contribution in [0.5, 0.6) is 5.75 Å². The minimum Gasteiger partial charge on any atom is -0.494 e. The lowest BCUT2D eigenvalue weighted by atomic mass is 10.1. The molecule has 0 fully saturated rings. The number of fused-ring (bicyclic) bond motifs is 1. The standard InChI is InChI=1S/C27H26ClN3O2/c1-3-33-23-13-11-20(12-14-23)16-27(32)30-29-17-25-19(2)31(26-10-5-4-9-24(25)26)18-21-7-6-8-22(28)15-21/h4-15,17H,3,16,18H2,1-2H3,(H,30,32)/b29-17-. The summed E-state index contributed by atoms with van der Waals surface area (Å²) in [6, 6.07) is 23.6. The van der Waals surface area contributed by atoms with Crippen molar-refractivity contribution in [2.45, 2.75) is 26.8 Å². The van der Waals surface area contributed by atoms with Gasteiger partial charge in [0.2, 0.25) is 5.91 Å². The molecule has 0 aliphatic carbocycles. The second-order valence-electron chi connectivity index (χ2n) is 7.78. The summed E-state index contributed by atoms with van der Waals surface area (Å²) in [5.41, 5.74) is 7.84. The number of nitrogens with one attached hydrogen (secondary N) is 1. The van der Waals surface area contributed by atoms with Crippen LogP contribution in [-0.4, -0.2) is 23.3 Å². The highest BCUT2D eigenvalue weighted by Gasteiger charge is 2.13. The number of nitrogens with zero attached hydrogens (tertiary/aromatic N) is 2. The maximum atomic E-state index is 12.4. The van der Waals surface area contributed by atoms with Crippen LogP contribution in [0.1, 0.15) is 29.3 Å². The molecule has 0 spiro atoms. The Morgan fingerprint density at radius 3 is 2.61 bits per heavy atom. The second-order valence-corrected chi connectivity index (χ2v) is 8.22. The van der Waals surface area contributed by atoms with Gasteiger partial charge in [-0.2, -0.15) is 5.10 Å². The Kier molecular flexibility index (Phi) is 7.10. The number of hydrogen-bond donors (Lipinski definition) is 1. The van der Waals surface area contributed by atoms with Crippen molar-refractivity contribution in [2.75, 3.05) is 6.61 Å². The minimum absolute atomic E-state index is 0.171. The summed E-state index contributed by atoms with van der Waals surface area (Å²) >= 11 is 6.18. The van der Waals surface area contributed by atoms with E-state index in [1.807, 2.05) is 61.5 Å². The Balaban J connectivity index is 1.50. The lowest BCUT2D eigenvalue weighted by Gasteiger charge is -2.09. The predicted molar refractivity (Wildman–Crippen MR) is 134 cm³/mol. The van der Waals surface area contributed by atoms with Crippen LogP contribution in [0.25, 0.3) is 10.9 Å². The number of para-hydroxylation sites is 1. The first kappa shape index (κ1) is 22.6. The van der Waals surface area contributed by atoms with Gasteiger partial charge in [-0.1, -0.05) is 54.1 Å². The van der Waals surface area contributed by atoms with Crippen molar-refractivity contribution in [1.82, 2.24) is 9.99 Å². The zero-order valence-electron chi connectivity index (χ0n) is 18.7. The van der Waals surface area contributed by atoms with Crippen molar-refractivity contribution in [2.24, 2.45) is 5.10 Å². The SMILES string of the molecule is CCOc1ccc(CC(=O)N/N=C\c2c(C)n(Cc3cccc(Cl)c3)c3ccccc23)cc1. The summed E-state index contributed by atoms with van der Waals surface area (Å²) in [6.07, 6.45) is 1.97. The van der Waals surface area contributed by atoms with E-state index in [0.717, 1.165) is 44.1 Å². The van der Waals surface area contributed by atoms with E-state index in [1.165, 1.54) is 0 Å². The number of rotatable bonds is 8. The normalized spacial score (nSPS) is 11.2. The molecule has 1 aromatic heterocycles. The third kappa shape index (κ3) is 5.44. The highest BCUT2D eigenvalue weighted by molar-refractivity contribution is 6.30. The van der Waals surface area contributed by atoms with E-state index in [0.29, 0.717) is 13.2 Å². The van der Waals surface area contributed by atoms with Crippen molar-refractivity contribution in [3.8, 4) is 5.75 Å². The summed E-state index contributed by atoms with van der Waals surface area (Å²) < 4.78 is 7.68. The fourth-order valence-electron chi connectivity index (χ4n) is 3.91. The zero-order valence-corrected chi connectivity index (χ0v) is 19.5. The van der Waals surface area contributed by atoms with Crippen LogP contribution in [0.2, 0.25) is 5.02 Å². The van der Waals surface area contributed by atoms with Crippen LogP contribution in [-0.2, 0) is 17.8 Å². The maximum Gasteiger partial charge on any atom is 0.244 e. The smallest absolute Gasteiger partial charge is 0.244 e. The number of aromatic nitrogens is 1. The van der Waals surface area contributed by atoms with Crippen LogP contribution in [0.4, 0.5) is 0 Å². The van der Waals surface area contributed by atoms with Crippen molar-refractivity contribution < 1.29 is 9.53 Å². The summed E-state index contributed by atoms with van der Waals surface area (Å²) in [6.45, 7) is 5.32. The molecule has 0 aliphatic rings. The highest BCUT2D eigenvalue weighted by atomic mass is 35.5. The molecular weight excluding hydrogens is 434 g/mol. The molecular formula is C27H26ClN3O2. The molecule has 0 bridgehead atoms. The van der Waals surface area contributed by atoms with Gasteiger partial charge in [-0.25, -0.2) is 5.43 Å². The molecule has 5 nitrogen and oxygen atoms in total. The van der Waals surface area contributed by atoms with Crippen LogP contribution in [0.15, 0.2) is 77.9 Å². The highest BCUT2D eigenvalue weighted by Crippen LogP contribution is 2.26. The molecule has 1 N–H and O–H groups in total. The van der Waals surface area contributed by atoms with Gasteiger partial charge in [-0.3, -0.25) is 4.79 Å².